The number of aryl methyl sites for hydroxylation is 1. The number of rotatable bonds is 7. The van der Waals surface area contributed by atoms with Gasteiger partial charge in [0.05, 0.1) is 6.26 Å². The highest BCUT2D eigenvalue weighted by Crippen LogP contribution is 2.30. The van der Waals surface area contributed by atoms with E-state index in [-0.39, 0.29) is 0 Å². The molecule has 4 rings (SSSR count). The van der Waals surface area contributed by atoms with Crippen LogP contribution in [-0.2, 0) is 22.9 Å². The van der Waals surface area contributed by atoms with Crippen LogP contribution in [0.2, 0.25) is 0 Å². The molecule has 1 aromatic carbocycles. The Morgan fingerprint density at radius 2 is 1.77 bits per heavy atom. The molecule has 168 valence electrons. The number of aromatic nitrogens is 1. The van der Waals surface area contributed by atoms with Crippen molar-refractivity contribution < 1.29 is 8.42 Å². The molecule has 0 amide bonds. The summed E-state index contributed by atoms with van der Waals surface area (Å²) in [6.07, 6.45) is 11.6. The molecule has 31 heavy (non-hydrogen) atoms. The SMILES string of the molecule is CCCN(CC1CCN(S(C)(=O)=O)CC1)C1CCc2ccc(-c3ccncc3)cc2C1. The first-order valence-electron chi connectivity index (χ1n) is 11.7. The fourth-order valence-corrected chi connectivity index (χ4v) is 6.11. The summed E-state index contributed by atoms with van der Waals surface area (Å²) in [4.78, 5) is 6.84. The minimum atomic E-state index is -3.05. The molecule has 1 saturated heterocycles. The predicted molar refractivity (Wildman–Crippen MR) is 126 cm³/mol. The van der Waals surface area contributed by atoms with E-state index in [1.165, 1.54) is 34.9 Å². The second-order valence-corrected chi connectivity index (χ2v) is 11.2. The Kier molecular flexibility index (Phi) is 7.09. The van der Waals surface area contributed by atoms with Gasteiger partial charge in [0.1, 0.15) is 0 Å². The first kappa shape index (κ1) is 22.4. The van der Waals surface area contributed by atoms with Gasteiger partial charge in [-0.15, -0.1) is 0 Å². The maximum absolute atomic E-state index is 11.8. The molecule has 1 aliphatic carbocycles. The lowest BCUT2D eigenvalue weighted by atomic mass is 9.85. The highest BCUT2D eigenvalue weighted by Gasteiger charge is 2.29. The van der Waals surface area contributed by atoms with Crippen LogP contribution in [0.1, 0.15) is 43.7 Å². The molecule has 1 atom stereocenters. The highest BCUT2D eigenvalue weighted by atomic mass is 32.2. The van der Waals surface area contributed by atoms with Crippen LogP contribution >= 0.6 is 0 Å². The van der Waals surface area contributed by atoms with Gasteiger partial charge in [-0.25, -0.2) is 12.7 Å². The number of hydrogen-bond donors (Lipinski definition) is 0. The van der Waals surface area contributed by atoms with Gasteiger partial charge < -0.3 is 0 Å². The average molecular weight is 442 g/mol. The van der Waals surface area contributed by atoms with Gasteiger partial charge in [0, 0.05) is 38.1 Å². The lowest BCUT2D eigenvalue weighted by Crippen LogP contribution is -2.45. The zero-order chi connectivity index (χ0) is 21.8. The van der Waals surface area contributed by atoms with Crippen LogP contribution in [0.4, 0.5) is 0 Å². The summed E-state index contributed by atoms with van der Waals surface area (Å²) in [6, 6.07) is 11.7. The number of sulfonamides is 1. The molecular formula is C25H35N3O2S. The molecule has 0 bridgehead atoms. The van der Waals surface area contributed by atoms with E-state index < -0.39 is 10.0 Å². The highest BCUT2D eigenvalue weighted by molar-refractivity contribution is 7.88. The Morgan fingerprint density at radius 1 is 1.03 bits per heavy atom. The lowest BCUT2D eigenvalue weighted by Gasteiger charge is -2.39. The Bertz CT molecular complexity index is 970. The van der Waals surface area contributed by atoms with Crippen molar-refractivity contribution >= 4 is 10.0 Å². The van der Waals surface area contributed by atoms with E-state index in [0.29, 0.717) is 25.0 Å². The van der Waals surface area contributed by atoms with E-state index in [4.69, 9.17) is 0 Å². The molecule has 0 radical (unpaired) electrons. The van der Waals surface area contributed by atoms with Gasteiger partial charge in [-0.3, -0.25) is 9.88 Å². The van der Waals surface area contributed by atoms with Gasteiger partial charge in [0.25, 0.3) is 0 Å². The summed E-state index contributed by atoms with van der Waals surface area (Å²) >= 11 is 0. The summed E-state index contributed by atoms with van der Waals surface area (Å²) in [5, 5.41) is 0. The van der Waals surface area contributed by atoms with Crippen molar-refractivity contribution in [2.75, 3.05) is 32.4 Å². The smallest absolute Gasteiger partial charge is 0.211 e. The van der Waals surface area contributed by atoms with Gasteiger partial charge in [-0.1, -0.05) is 25.1 Å². The van der Waals surface area contributed by atoms with Crippen LogP contribution in [0.15, 0.2) is 42.7 Å². The van der Waals surface area contributed by atoms with Crippen molar-refractivity contribution in [1.82, 2.24) is 14.2 Å². The summed E-state index contributed by atoms with van der Waals surface area (Å²) in [7, 11) is -3.05. The summed E-state index contributed by atoms with van der Waals surface area (Å²) in [6.45, 7) is 5.82. The van der Waals surface area contributed by atoms with Gasteiger partial charge in [0.15, 0.2) is 0 Å². The van der Waals surface area contributed by atoms with E-state index in [1.54, 1.807) is 4.31 Å². The first-order valence-corrected chi connectivity index (χ1v) is 13.5. The van der Waals surface area contributed by atoms with Gasteiger partial charge in [-0.05, 0) is 85.4 Å². The monoisotopic (exact) mass is 441 g/mol. The number of nitrogens with zero attached hydrogens (tertiary/aromatic N) is 3. The van der Waals surface area contributed by atoms with E-state index >= 15 is 0 Å². The number of pyridine rings is 1. The lowest BCUT2D eigenvalue weighted by molar-refractivity contribution is 0.129. The van der Waals surface area contributed by atoms with Crippen molar-refractivity contribution in [3.05, 3.63) is 53.9 Å². The summed E-state index contributed by atoms with van der Waals surface area (Å²) in [5.74, 6) is 0.592. The minimum Gasteiger partial charge on any atom is -0.300 e. The van der Waals surface area contributed by atoms with Crippen molar-refractivity contribution in [1.29, 1.82) is 0 Å². The van der Waals surface area contributed by atoms with E-state index in [9.17, 15) is 8.42 Å². The molecular weight excluding hydrogens is 406 g/mol. The quantitative estimate of drug-likeness (QED) is 0.652. The Labute approximate surface area is 187 Å². The third-order valence-corrected chi connectivity index (χ3v) is 8.29. The Morgan fingerprint density at radius 3 is 2.45 bits per heavy atom. The van der Waals surface area contributed by atoms with Crippen LogP contribution in [0.5, 0.6) is 0 Å². The molecule has 2 heterocycles. The molecule has 0 N–H and O–H groups in total. The first-order chi connectivity index (χ1) is 14.9. The van der Waals surface area contributed by atoms with E-state index in [1.807, 2.05) is 12.4 Å². The molecule has 0 spiro atoms. The second kappa shape index (κ2) is 9.80. The fourth-order valence-electron chi connectivity index (χ4n) is 5.24. The molecule has 1 aliphatic heterocycles. The Hall–Kier alpha value is -1.76. The number of piperidine rings is 1. The van der Waals surface area contributed by atoms with Crippen LogP contribution in [0.3, 0.4) is 0 Å². The normalized spacial score (nSPS) is 20.7. The van der Waals surface area contributed by atoms with Crippen LogP contribution < -0.4 is 0 Å². The maximum Gasteiger partial charge on any atom is 0.211 e. The van der Waals surface area contributed by atoms with Crippen molar-refractivity contribution in [3.8, 4) is 11.1 Å². The zero-order valence-corrected chi connectivity index (χ0v) is 19.7. The largest absolute Gasteiger partial charge is 0.300 e. The molecule has 1 fully saturated rings. The van der Waals surface area contributed by atoms with Crippen molar-refractivity contribution in [3.63, 3.8) is 0 Å². The molecule has 1 aromatic heterocycles. The maximum atomic E-state index is 11.8. The van der Waals surface area contributed by atoms with Gasteiger partial charge in [-0.2, -0.15) is 0 Å². The van der Waals surface area contributed by atoms with Gasteiger partial charge in [0.2, 0.25) is 10.0 Å². The molecule has 2 aromatic rings. The topological polar surface area (TPSA) is 53.5 Å². The van der Waals surface area contributed by atoms with Crippen molar-refractivity contribution in [2.24, 2.45) is 5.92 Å². The Balaban J connectivity index is 1.43. The van der Waals surface area contributed by atoms with E-state index in [0.717, 1.165) is 45.2 Å². The third-order valence-electron chi connectivity index (χ3n) is 6.98. The number of benzene rings is 1. The van der Waals surface area contributed by atoms with Crippen molar-refractivity contribution in [2.45, 2.75) is 51.5 Å². The number of hydrogen-bond acceptors (Lipinski definition) is 4. The third kappa shape index (κ3) is 5.54. The van der Waals surface area contributed by atoms with Crippen LogP contribution in [-0.4, -0.2) is 61.1 Å². The zero-order valence-electron chi connectivity index (χ0n) is 18.8. The molecule has 6 heteroatoms. The summed E-state index contributed by atoms with van der Waals surface area (Å²) in [5.41, 5.74) is 5.48. The molecule has 2 aliphatic rings. The average Bonchev–Trinajstić information content (AvgIpc) is 2.78. The second-order valence-electron chi connectivity index (χ2n) is 9.22. The molecule has 0 saturated carbocycles. The van der Waals surface area contributed by atoms with Crippen LogP contribution in [0, 0.1) is 5.92 Å². The van der Waals surface area contributed by atoms with Crippen LogP contribution in [0.25, 0.3) is 11.1 Å². The molecule has 5 nitrogen and oxygen atoms in total. The standard InChI is InChI=1S/C25H35N3O2S/c1-3-14-27(19-20-10-15-28(16-11-20)31(2,29)30)25-7-6-21-4-5-23(17-24(21)18-25)22-8-12-26-13-9-22/h4-5,8-9,12-13,17,20,25H,3,6-7,10-11,14-16,18-19H2,1-2H3. The van der Waals surface area contributed by atoms with Gasteiger partial charge >= 0.3 is 0 Å². The fraction of sp³-hybridized carbons (Fsp3) is 0.560. The van der Waals surface area contributed by atoms with E-state index in [2.05, 4.69) is 47.1 Å². The summed E-state index contributed by atoms with van der Waals surface area (Å²) < 4.78 is 25.3. The minimum absolute atomic E-state index is 0.577. The molecule has 1 unspecified atom stereocenters. The number of fused-ring (bicyclic) bond motifs is 1. The predicted octanol–water partition coefficient (Wildman–Crippen LogP) is 3.99.